The molecular weight excluding hydrogens is 392 g/mol. The summed E-state index contributed by atoms with van der Waals surface area (Å²) in [6.45, 7) is 11.3. The van der Waals surface area contributed by atoms with Crippen LogP contribution in [0.3, 0.4) is 0 Å². The molecule has 0 bridgehead atoms. The molecule has 1 N–H and O–H groups in total. The summed E-state index contributed by atoms with van der Waals surface area (Å²) in [4.78, 5) is 12.5. The van der Waals surface area contributed by atoms with Crippen LogP contribution in [0.25, 0.3) is 10.2 Å². The normalized spacial score (nSPS) is 12.9. The Hall–Kier alpha value is -0.880. The number of rotatable bonds is 13. The van der Waals surface area contributed by atoms with Gasteiger partial charge in [0.15, 0.2) is 0 Å². The molecule has 0 aliphatic rings. The summed E-state index contributed by atoms with van der Waals surface area (Å²) in [6, 6.07) is 7.88. The van der Waals surface area contributed by atoms with Gasteiger partial charge in [-0.05, 0) is 31.4 Å². The topological polar surface area (TPSA) is 42.2 Å². The van der Waals surface area contributed by atoms with E-state index in [1.54, 1.807) is 4.57 Å². The van der Waals surface area contributed by atoms with Gasteiger partial charge in [-0.2, -0.15) is 0 Å². The Bertz CT molecular complexity index is 722. The molecule has 0 saturated heterocycles. The second-order valence-electron chi connectivity index (χ2n) is 7.86. The summed E-state index contributed by atoms with van der Waals surface area (Å²) in [5, 5.41) is 11.0. The largest absolute Gasteiger partial charge is 1.00 e. The fourth-order valence-electron chi connectivity index (χ4n) is 3.99. The van der Waals surface area contributed by atoms with Crippen molar-refractivity contribution in [2.24, 2.45) is 0 Å². The van der Waals surface area contributed by atoms with Gasteiger partial charge >= 0.3 is 4.87 Å². The summed E-state index contributed by atoms with van der Waals surface area (Å²) in [5.41, 5.74) is 0.945. The quantitative estimate of drug-likeness (QED) is 0.493. The Morgan fingerprint density at radius 3 is 2.07 bits per heavy atom. The van der Waals surface area contributed by atoms with Crippen LogP contribution in [0, 0.1) is 0 Å². The van der Waals surface area contributed by atoms with E-state index in [0.717, 1.165) is 40.9 Å². The molecule has 0 aliphatic carbocycles. The monoisotopic (exact) mass is 428 g/mol. The van der Waals surface area contributed by atoms with Gasteiger partial charge in [-0.1, -0.05) is 63.5 Å². The number of quaternary nitrogens is 1. The molecule has 0 saturated carbocycles. The molecule has 2 aromatic rings. The number of aliphatic hydroxyl groups is 1. The number of hydrogen-bond acceptors (Lipinski definition) is 3. The third-order valence-corrected chi connectivity index (χ3v) is 6.48. The second-order valence-corrected chi connectivity index (χ2v) is 8.85. The highest BCUT2D eigenvalue weighted by molar-refractivity contribution is 7.16. The van der Waals surface area contributed by atoms with Gasteiger partial charge in [0.05, 0.1) is 36.4 Å². The average Bonchev–Trinajstić information content (AvgIpc) is 2.98. The van der Waals surface area contributed by atoms with Crippen LogP contribution in [0.15, 0.2) is 29.1 Å². The van der Waals surface area contributed by atoms with E-state index in [9.17, 15) is 9.90 Å². The first-order valence-electron chi connectivity index (χ1n) is 10.7. The average molecular weight is 429 g/mol. The van der Waals surface area contributed by atoms with E-state index < -0.39 is 6.10 Å². The third kappa shape index (κ3) is 6.87. The zero-order valence-corrected chi connectivity index (χ0v) is 19.3. The lowest BCUT2D eigenvalue weighted by Crippen LogP contribution is -3.00. The number of aliphatic hydroxyl groups excluding tert-OH is 1. The molecule has 1 unspecified atom stereocenters. The first kappa shape index (κ1) is 25.2. The summed E-state index contributed by atoms with van der Waals surface area (Å²) in [6.07, 6.45) is 6.64. The SMILES string of the molecule is CCCC[N+](CCCC)(CCCC)CC(O)Cn1c(=O)sc2ccccc21.[Cl-]. The lowest BCUT2D eigenvalue weighted by atomic mass is 10.1. The molecule has 1 heterocycles. The fourth-order valence-corrected chi connectivity index (χ4v) is 4.89. The van der Waals surface area contributed by atoms with E-state index >= 15 is 0 Å². The van der Waals surface area contributed by atoms with Crippen LogP contribution in [0.2, 0.25) is 0 Å². The standard InChI is InChI=1S/C22H37N2O2S.ClH/c1-4-7-14-24(15-8-5-2,16-9-6-3)18-19(25)17-23-20-12-10-11-13-21(20)27-22(23)26;/h10-13,19,25H,4-9,14-18H2,1-3H3;1H/q+1;/p-1. The summed E-state index contributed by atoms with van der Waals surface area (Å²) in [7, 11) is 0. The minimum absolute atomic E-state index is 0. The molecule has 160 valence electrons. The van der Waals surface area contributed by atoms with Crippen molar-refractivity contribution < 1.29 is 22.0 Å². The number of aromatic nitrogens is 1. The molecule has 0 amide bonds. The Kier molecular flexibility index (Phi) is 11.4. The van der Waals surface area contributed by atoms with Gasteiger partial charge < -0.3 is 22.0 Å². The maximum absolute atomic E-state index is 12.4. The number of unbranched alkanes of at least 4 members (excludes halogenated alkanes) is 3. The molecule has 0 aliphatic heterocycles. The molecule has 1 atom stereocenters. The van der Waals surface area contributed by atoms with E-state index in [1.165, 1.54) is 49.9 Å². The summed E-state index contributed by atoms with van der Waals surface area (Å²) >= 11 is 1.27. The number of thiazole rings is 1. The maximum Gasteiger partial charge on any atom is 0.308 e. The Balaban J connectivity index is 0.00000392. The molecule has 2 rings (SSSR count). The molecule has 0 radical (unpaired) electrons. The van der Waals surface area contributed by atoms with Crippen molar-refractivity contribution in [2.75, 3.05) is 26.2 Å². The number of fused-ring (bicyclic) bond motifs is 1. The van der Waals surface area contributed by atoms with Crippen molar-refractivity contribution in [3.63, 3.8) is 0 Å². The molecule has 0 fully saturated rings. The van der Waals surface area contributed by atoms with Gasteiger partial charge in [0.2, 0.25) is 0 Å². The summed E-state index contributed by atoms with van der Waals surface area (Å²) in [5.74, 6) is 0. The highest BCUT2D eigenvalue weighted by atomic mass is 35.5. The number of halogens is 1. The van der Waals surface area contributed by atoms with Crippen LogP contribution in [0.4, 0.5) is 0 Å². The minimum Gasteiger partial charge on any atom is -1.00 e. The van der Waals surface area contributed by atoms with Gasteiger partial charge in [-0.15, -0.1) is 0 Å². The Labute approximate surface area is 180 Å². The van der Waals surface area contributed by atoms with E-state index in [2.05, 4.69) is 20.8 Å². The van der Waals surface area contributed by atoms with Gasteiger partial charge in [0.1, 0.15) is 12.6 Å². The van der Waals surface area contributed by atoms with Crippen LogP contribution in [0.1, 0.15) is 59.3 Å². The summed E-state index contributed by atoms with van der Waals surface area (Å²) < 4.78 is 3.75. The lowest BCUT2D eigenvalue weighted by molar-refractivity contribution is -0.931. The van der Waals surface area contributed by atoms with E-state index in [0.29, 0.717) is 6.54 Å². The van der Waals surface area contributed by atoms with Crippen molar-refractivity contribution in [1.29, 1.82) is 0 Å². The zero-order valence-electron chi connectivity index (χ0n) is 17.7. The first-order valence-corrected chi connectivity index (χ1v) is 11.5. The predicted molar refractivity (Wildman–Crippen MR) is 117 cm³/mol. The minimum atomic E-state index is -0.494. The molecule has 1 aromatic heterocycles. The first-order chi connectivity index (χ1) is 13.0. The highest BCUT2D eigenvalue weighted by Crippen LogP contribution is 2.19. The Morgan fingerprint density at radius 2 is 1.54 bits per heavy atom. The van der Waals surface area contributed by atoms with Crippen LogP contribution in [0.5, 0.6) is 0 Å². The van der Waals surface area contributed by atoms with Crippen molar-refractivity contribution in [3.8, 4) is 0 Å². The molecule has 4 nitrogen and oxygen atoms in total. The number of para-hydroxylation sites is 1. The molecule has 6 heteroatoms. The number of nitrogens with zero attached hydrogens (tertiary/aromatic N) is 2. The predicted octanol–water partition coefficient (Wildman–Crippen LogP) is 1.65. The van der Waals surface area contributed by atoms with Gasteiger partial charge in [0, 0.05) is 0 Å². The zero-order chi connectivity index (χ0) is 19.7. The smallest absolute Gasteiger partial charge is 0.308 e. The van der Waals surface area contributed by atoms with E-state index in [-0.39, 0.29) is 17.3 Å². The van der Waals surface area contributed by atoms with Crippen LogP contribution in [-0.4, -0.2) is 46.4 Å². The molecule has 1 aromatic carbocycles. The second kappa shape index (κ2) is 12.6. The fraction of sp³-hybridized carbons (Fsp3) is 0.682. The lowest BCUT2D eigenvalue weighted by Gasteiger charge is -2.40. The number of hydrogen-bond donors (Lipinski definition) is 1. The molecular formula is C22H37ClN2O2S. The van der Waals surface area contributed by atoms with Crippen LogP contribution >= 0.6 is 11.3 Å². The van der Waals surface area contributed by atoms with Crippen molar-refractivity contribution >= 4 is 21.6 Å². The van der Waals surface area contributed by atoms with E-state index in [4.69, 9.17) is 0 Å². The van der Waals surface area contributed by atoms with Crippen LogP contribution in [-0.2, 0) is 6.54 Å². The van der Waals surface area contributed by atoms with Crippen molar-refractivity contribution in [1.82, 2.24) is 4.57 Å². The van der Waals surface area contributed by atoms with Crippen molar-refractivity contribution in [2.45, 2.75) is 71.9 Å². The number of benzene rings is 1. The Morgan fingerprint density at radius 1 is 1.00 bits per heavy atom. The molecule has 28 heavy (non-hydrogen) atoms. The van der Waals surface area contributed by atoms with Gasteiger partial charge in [0.25, 0.3) is 0 Å². The van der Waals surface area contributed by atoms with Gasteiger partial charge in [-0.3, -0.25) is 9.36 Å². The third-order valence-electron chi connectivity index (χ3n) is 5.52. The maximum atomic E-state index is 12.4. The van der Waals surface area contributed by atoms with Gasteiger partial charge in [-0.25, -0.2) is 0 Å². The van der Waals surface area contributed by atoms with Crippen molar-refractivity contribution in [3.05, 3.63) is 33.9 Å². The van der Waals surface area contributed by atoms with E-state index in [1.807, 2.05) is 24.3 Å². The van der Waals surface area contributed by atoms with Crippen LogP contribution < -0.4 is 17.3 Å². The highest BCUT2D eigenvalue weighted by Gasteiger charge is 2.29. The molecule has 0 spiro atoms.